The Balaban J connectivity index is 2.38. The zero-order valence-corrected chi connectivity index (χ0v) is 14.8. The van der Waals surface area contributed by atoms with Crippen molar-refractivity contribution in [3.05, 3.63) is 57.1 Å². The summed E-state index contributed by atoms with van der Waals surface area (Å²) in [4.78, 5) is 16.7. The minimum Gasteiger partial charge on any atom is -0.389 e. The van der Waals surface area contributed by atoms with Crippen molar-refractivity contribution in [2.75, 3.05) is 5.73 Å². The predicted molar refractivity (Wildman–Crippen MR) is 99.3 cm³/mol. The van der Waals surface area contributed by atoms with Crippen molar-refractivity contribution in [3.63, 3.8) is 0 Å². The number of nitrogen functional groups attached to an aromatic ring is 1. The van der Waals surface area contributed by atoms with Gasteiger partial charge in [0.05, 0.1) is 16.1 Å². The molecule has 2 aromatic rings. The fraction of sp³-hybridized carbons (Fsp3) is 0.294. The van der Waals surface area contributed by atoms with Crippen LogP contribution in [0.2, 0.25) is 0 Å². The molecular formula is C17H22ClN5O. The van der Waals surface area contributed by atoms with Gasteiger partial charge in [0, 0.05) is 19.3 Å². The Morgan fingerprint density at radius 2 is 2.12 bits per heavy atom. The fourth-order valence-corrected chi connectivity index (χ4v) is 2.40. The van der Waals surface area contributed by atoms with E-state index in [1.165, 1.54) is 4.57 Å². The number of benzene rings is 1. The molecule has 1 aromatic carbocycles. The molecule has 2 rings (SSSR count). The SMILES string of the molecule is CC(C)/C(=C\C=C(/N)Cl)NCc1cccc2c(=O)n(C)c(N)nc12. The van der Waals surface area contributed by atoms with Gasteiger partial charge in [-0.1, -0.05) is 37.6 Å². The molecule has 0 fully saturated rings. The van der Waals surface area contributed by atoms with Gasteiger partial charge in [0.1, 0.15) is 0 Å². The second kappa shape index (κ2) is 7.40. The van der Waals surface area contributed by atoms with E-state index in [0.29, 0.717) is 17.4 Å². The molecule has 0 amide bonds. The van der Waals surface area contributed by atoms with Crippen LogP contribution in [0.3, 0.4) is 0 Å². The quantitative estimate of drug-likeness (QED) is 0.568. The van der Waals surface area contributed by atoms with Crippen molar-refractivity contribution in [1.29, 1.82) is 0 Å². The first-order chi connectivity index (χ1) is 11.3. The molecule has 0 aliphatic rings. The van der Waals surface area contributed by atoms with E-state index < -0.39 is 0 Å². The smallest absolute Gasteiger partial charge is 0.262 e. The first-order valence-corrected chi connectivity index (χ1v) is 8.00. The first-order valence-electron chi connectivity index (χ1n) is 7.62. The number of rotatable bonds is 5. The molecule has 1 aromatic heterocycles. The number of hydrogen-bond acceptors (Lipinski definition) is 5. The Bertz CT molecular complexity index is 863. The van der Waals surface area contributed by atoms with E-state index in [1.807, 2.05) is 18.2 Å². The van der Waals surface area contributed by atoms with E-state index in [1.54, 1.807) is 19.2 Å². The number of nitrogens with one attached hydrogen (secondary N) is 1. The zero-order chi connectivity index (χ0) is 17.9. The minimum atomic E-state index is -0.156. The maximum absolute atomic E-state index is 12.3. The standard InChI is InChI=1S/C17H22ClN5O/c1-10(2)13(7-8-14(18)19)21-9-11-5-4-6-12-15(11)22-17(20)23(3)16(12)24/h4-8,10,21H,9,19H2,1-3H3,(H2,20,22)/b13-7+,14-8-. The van der Waals surface area contributed by atoms with Crippen molar-refractivity contribution in [3.8, 4) is 0 Å². The summed E-state index contributed by atoms with van der Waals surface area (Å²) in [7, 11) is 1.61. The number of allylic oxidation sites excluding steroid dienone is 3. The Kier molecular flexibility index (Phi) is 5.51. The molecular weight excluding hydrogens is 326 g/mol. The molecule has 0 radical (unpaired) electrons. The van der Waals surface area contributed by atoms with Crippen molar-refractivity contribution in [1.82, 2.24) is 14.9 Å². The molecule has 0 aliphatic carbocycles. The number of anilines is 1. The van der Waals surface area contributed by atoms with E-state index in [-0.39, 0.29) is 22.6 Å². The Morgan fingerprint density at radius 3 is 2.75 bits per heavy atom. The lowest BCUT2D eigenvalue weighted by molar-refractivity contribution is 0.653. The van der Waals surface area contributed by atoms with Crippen molar-refractivity contribution in [2.24, 2.45) is 18.7 Å². The summed E-state index contributed by atoms with van der Waals surface area (Å²) in [6.07, 6.45) is 3.48. The first kappa shape index (κ1) is 17.9. The molecule has 0 unspecified atom stereocenters. The molecule has 0 atom stereocenters. The molecule has 6 nitrogen and oxygen atoms in total. The van der Waals surface area contributed by atoms with Crippen LogP contribution in [0.5, 0.6) is 0 Å². The van der Waals surface area contributed by atoms with Crippen molar-refractivity contribution in [2.45, 2.75) is 20.4 Å². The topological polar surface area (TPSA) is 99.0 Å². The summed E-state index contributed by atoms with van der Waals surface area (Å²) >= 11 is 5.68. The molecule has 24 heavy (non-hydrogen) atoms. The van der Waals surface area contributed by atoms with Crippen LogP contribution in [0.1, 0.15) is 19.4 Å². The summed E-state index contributed by atoms with van der Waals surface area (Å²) in [6.45, 7) is 4.63. The highest BCUT2D eigenvalue weighted by Gasteiger charge is 2.10. The van der Waals surface area contributed by atoms with E-state index in [2.05, 4.69) is 24.1 Å². The molecule has 0 saturated carbocycles. The van der Waals surface area contributed by atoms with E-state index in [4.69, 9.17) is 23.1 Å². The number of hydrogen-bond donors (Lipinski definition) is 3. The van der Waals surface area contributed by atoms with E-state index in [0.717, 1.165) is 11.3 Å². The normalized spacial score (nSPS) is 12.9. The molecule has 0 aliphatic heterocycles. The van der Waals surface area contributed by atoms with Crippen molar-refractivity contribution >= 4 is 28.5 Å². The third-order valence-corrected chi connectivity index (χ3v) is 3.88. The van der Waals surface area contributed by atoms with Crippen LogP contribution < -0.4 is 22.3 Å². The van der Waals surface area contributed by atoms with Gasteiger partial charge in [-0.15, -0.1) is 0 Å². The molecule has 1 heterocycles. The second-order valence-electron chi connectivity index (χ2n) is 5.83. The van der Waals surface area contributed by atoms with Gasteiger partial charge in [-0.2, -0.15) is 0 Å². The highest BCUT2D eigenvalue weighted by Crippen LogP contribution is 2.16. The average Bonchev–Trinajstić information content (AvgIpc) is 2.52. The number of halogens is 1. The number of aromatic nitrogens is 2. The predicted octanol–water partition coefficient (Wildman–Crippen LogP) is 2.18. The summed E-state index contributed by atoms with van der Waals surface area (Å²) in [5.41, 5.74) is 13.6. The lowest BCUT2D eigenvalue weighted by atomic mass is 10.1. The third kappa shape index (κ3) is 3.89. The lowest BCUT2D eigenvalue weighted by Gasteiger charge is -2.15. The largest absolute Gasteiger partial charge is 0.389 e. The van der Waals surface area contributed by atoms with Gasteiger partial charge in [-0.05, 0) is 29.7 Å². The molecule has 0 bridgehead atoms. The van der Waals surface area contributed by atoms with Crippen LogP contribution in [0.25, 0.3) is 10.9 Å². The Morgan fingerprint density at radius 1 is 1.42 bits per heavy atom. The van der Waals surface area contributed by atoms with Crippen LogP contribution in [-0.4, -0.2) is 9.55 Å². The summed E-state index contributed by atoms with van der Waals surface area (Å²) < 4.78 is 1.34. The van der Waals surface area contributed by atoms with Crippen LogP contribution in [-0.2, 0) is 13.6 Å². The van der Waals surface area contributed by atoms with Gasteiger partial charge in [0.15, 0.2) is 0 Å². The molecule has 7 heteroatoms. The summed E-state index contributed by atoms with van der Waals surface area (Å²) in [5, 5.41) is 4.12. The van der Waals surface area contributed by atoms with Crippen LogP contribution in [0.4, 0.5) is 5.95 Å². The van der Waals surface area contributed by atoms with Gasteiger partial charge in [0.25, 0.3) is 5.56 Å². The maximum atomic E-state index is 12.3. The maximum Gasteiger partial charge on any atom is 0.262 e. The summed E-state index contributed by atoms with van der Waals surface area (Å²) in [5.74, 6) is 0.454. The van der Waals surface area contributed by atoms with Crippen LogP contribution in [0, 0.1) is 5.92 Å². The number of nitrogens with two attached hydrogens (primary N) is 2. The number of para-hydroxylation sites is 1. The Hall–Kier alpha value is -2.47. The third-order valence-electron chi connectivity index (χ3n) is 3.75. The monoisotopic (exact) mass is 347 g/mol. The minimum absolute atomic E-state index is 0.156. The van der Waals surface area contributed by atoms with Gasteiger partial charge >= 0.3 is 0 Å². The highest BCUT2D eigenvalue weighted by atomic mass is 35.5. The van der Waals surface area contributed by atoms with Gasteiger partial charge < -0.3 is 16.8 Å². The van der Waals surface area contributed by atoms with Gasteiger partial charge in [0.2, 0.25) is 5.95 Å². The Labute approximate surface area is 145 Å². The lowest BCUT2D eigenvalue weighted by Crippen LogP contribution is -2.23. The number of fused-ring (bicyclic) bond motifs is 1. The molecule has 5 N–H and O–H groups in total. The molecule has 0 spiro atoms. The van der Waals surface area contributed by atoms with Crippen molar-refractivity contribution < 1.29 is 0 Å². The van der Waals surface area contributed by atoms with Crippen LogP contribution in [0.15, 0.2) is 46.0 Å². The fourth-order valence-electron chi connectivity index (χ4n) is 2.34. The highest BCUT2D eigenvalue weighted by molar-refractivity contribution is 6.29. The van der Waals surface area contributed by atoms with Crippen LogP contribution >= 0.6 is 11.6 Å². The number of nitrogens with zero attached hydrogens (tertiary/aromatic N) is 2. The zero-order valence-electron chi connectivity index (χ0n) is 14.0. The average molecular weight is 348 g/mol. The van der Waals surface area contributed by atoms with Gasteiger partial charge in [-0.3, -0.25) is 9.36 Å². The second-order valence-corrected chi connectivity index (χ2v) is 6.27. The van der Waals surface area contributed by atoms with E-state index in [9.17, 15) is 4.79 Å². The molecule has 0 saturated heterocycles. The summed E-state index contributed by atoms with van der Waals surface area (Å²) in [6, 6.07) is 5.52. The van der Waals surface area contributed by atoms with E-state index >= 15 is 0 Å². The molecule has 128 valence electrons. The van der Waals surface area contributed by atoms with Gasteiger partial charge in [-0.25, -0.2) is 4.98 Å².